The van der Waals surface area contributed by atoms with E-state index in [0.717, 1.165) is 0 Å². The number of hydrogen-bond acceptors (Lipinski definition) is 2. The van der Waals surface area contributed by atoms with Crippen molar-refractivity contribution in [2.45, 2.75) is 12.6 Å². The maximum absolute atomic E-state index is 12.0. The van der Waals surface area contributed by atoms with Gasteiger partial charge in [-0.2, -0.15) is 8.78 Å². The highest BCUT2D eigenvalue weighted by molar-refractivity contribution is 4.95. The van der Waals surface area contributed by atoms with E-state index in [0.29, 0.717) is 0 Å². The molecule has 0 unspecified atom stereocenters. The Bertz CT molecular complexity index is 248. The number of hydrogen-bond donors (Lipinski definition) is 0. The minimum Gasteiger partial charge on any atom is -0.179 e. The van der Waals surface area contributed by atoms with Gasteiger partial charge in [-0.3, -0.25) is 0 Å². The molecule has 0 saturated carbocycles. The first kappa shape index (κ1) is 14.6. The van der Waals surface area contributed by atoms with Gasteiger partial charge in [0.2, 0.25) is 0 Å². The van der Waals surface area contributed by atoms with Crippen molar-refractivity contribution in [2.75, 3.05) is 0 Å². The summed E-state index contributed by atoms with van der Waals surface area (Å²) in [5.41, 5.74) is 0. The third kappa shape index (κ3) is 3.34. The van der Waals surface area contributed by atoms with Gasteiger partial charge >= 0.3 is 12.6 Å². The quantitative estimate of drug-likeness (QED) is 0.429. The summed E-state index contributed by atoms with van der Waals surface area (Å²) in [5.74, 6) is -7.43. The summed E-state index contributed by atoms with van der Waals surface area (Å²) in [6, 6.07) is 0. The van der Waals surface area contributed by atoms with Crippen LogP contribution < -0.4 is 0 Å². The van der Waals surface area contributed by atoms with Crippen LogP contribution in [0.5, 0.6) is 0 Å². The summed E-state index contributed by atoms with van der Waals surface area (Å²) >= 11 is 0. The summed E-state index contributed by atoms with van der Waals surface area (Å²) < 4.78 is 115. The van der Waals surface area contributed by atoms with E-state index in [2.05, 4.69) is 0 Å². The lowest BCUT2D eigenvalue weighted by atomic mass is 10.7. The SMILES string of the molecule is F/C(=C(/F)N(F)C(F)(F)F)N(F)C(F)(F)F. The lowest BCUT2D eigenvalue weighted by Crippen LogP contribution is -2.34. The first-order valence-electron chi connectivity index (χ1n) is 2.99. The lowest BCUT2D eigenvalue weighted by molar-refractivity contribution is -0.320. The molecule has 0 bridgehead atoms. The standard InChI is InChI=1S/C4F10N2/c5-1(15(13)3(7,8)9)2(6)16(14)4(10,11)12/b2-1+. The van der Waals surface area contributed by atoms with Crippen LogP contribution in [0.3, 0.4) is 0 Å². The number of rotatable bonds is 2. The van der Waals surface area contributed by atoms with Crippen molar-refractivity contribution >= 4 is 0 Å². The van der Waals surface area contributed by atoms with Gasteiger partial charge in [0.1, 0.15) is 0 Å². The third-order valence-corrected chi connectivity index (χ3v) is 0.960. The molecule has 0 fully saturated rings. The first-order valence-corrected chi connectivity index (χ1v) is 2.99. The zero-order chi connectivity index (χ0) is 13.3. The van der Waals surface area contributed by atoms with E-state index in [1.807, 2.05) is 0 Å². The maximum Gasteiger partial charge on any atom is 0.514 e. The summed E-state index contributed by atoms with van der Waals surface area (Å²) in [6.45, 7) is 0. The van der Waals surface area contributed by atoms with Crippen LogP contribution in [0.25, 0.3) is 0 Å². The summed E-state index contributed by atoms with van der Waals surface area (Å²) in [4.78, 5) is 0. The van der Waals surface area contributed by atoms with Crippen LogP contribution >= 0.6 is 0 Å². The van der Waals surface area contributed by atoms with Gasteiger partial charge in [0.25, 0.3) is 11.9 Å². The van der Waals surface area contributed by atoms with Crippen LogP contribution in [0.4, 0.5) is 44.1 Å². The van der Waals surface area contributed by atoms with Crippen LogP contribution in [-0.4, -0.2) is 22.8 Å². The van der Waals surface area contributed by atoms with E-state index < -0.39 is 34.7 Å². The predicted octanol–water partition coefficient (Wildman–Crippen LogP) is 3.46. The fourth-order valence-electron chi connectivity index (χ4n) is 0.385. The van der Waals surface area contributed by atoms with E-state index in [9.17, 15) is 44.1 Å². The maximum atomic E-state index is 12.0. The largest absolute Gasteiger partial charge is 0.514 e. The summed E-state index contributed by atoms with van der Waals surface area (Å²) in [5, 5.41) is -5.89. The van der Waals surface area contributed by atoms with E-state index in [1.165, 1.54) is 0 Å². The predicted molar refractivity (Wildman–Crippen MR) is 27.2 cm³/mol. The van der Waals surface area contributed by atoms with Crippen molar-refractivity contribution in [3.8, 4) is 0 Å². The molecule has 0 spiro atoms. The molecular weight excluding hydrogens is 266 g/mol. The number of nitrogens with zero attached hydrogens (tertiary/aromatic N) is 2. The second-order valence-electron chi connectivity index (χ2n) is 2.08. The second-order valence-corrected chi connectivity index (χ2v) is 2.08. The number of alkyl halides is 6. The Morgan fingerprint density at radius 1 is 0.625 bits per heavy atom. The first-order chi connectivity index (χ1) is 6.89. The average Bonchev–Trinajstić information content (AvgIpc) is 2.10. The molecule has 0 N–H and O–H groups in total. The van der Waals surface area contributed by atoms with E-state index in [1.54, 1.807) is 0 Å². The highest BCUT2D eigenvalue weighted by Gasteiger charge is 2.47. The van der Waals surface area contributed by atoms with Crippen molar-refractivity contribution in [3.63, 3.8) is 0 Å². The van der Waals surface area contributed by atoms with Crippen LogP contribution in [0.1, 0.15) is 0 Å². The van der Waals surface area contributed by atoms with Crippen molar-refractivity contribution in [1.29, 1.82) is 0 Å². The molecule has 0 aromatic rings. The molecule has 0 amide bonds. The highest BCUT2D eigenvalue weighted by atomic mass is 19.4. The molecule has 2 nitrogen and oxygen atoms in total. The smallest absolute Gasteiger partial charge is 0.179 e. The van der Waals surface area contributed by atoms with Crippen LogP contribution in [0.15, 0.2) is 11.9 Å². The van der Waals surface area contributed by atoms with Gasteiger partial charge in [0.05, 0.1) is 0 Å². The molecule has 0 aliphatic rings. The Hall–Kier alpha value is -1.36. The molecular formula is C4F10N2. The Labute approximate surface area is 80.2 Å². The molecule has 12 heteroatoms. The van der Waals surface area contributed by atoms with Crippen molar-refractivity contribution < 1.29 is 44.1 Å². The monoisotopic (exact) mass is 266 g/mol. The molecule has 0 aromatic carbocycles. The lowest BCUT2D eigenvalue weighted by Gasteiger charge is -2.18. The topological polar surface area (TPSA) is 6.48 Å². The van der Waals surface area contributed by atoms with Gasteiger partial charge in [-0.15, -0.1) is 26.3 Å². The molecule has 0 heterocycles. The molecule has 0 aliphatic heterocycles. The fraction of sp³-hybridized carbons (Fsp3) is 0.500. The third-order valence-electron chi connectivity index (χ3n) is 0.960. The Morgan fingerprint density at radius 3 is 0.938 bits per heavy atom. The second kappa shape index (κ2) is 4.25. The molecule has 0 rings (SSSR count). The van der Waals surface area contributed by atoms with Gasteiger partial charge in [-0.05, 0) is 0 Å². The Kier molecular flexibility index (Phi) is 3.89. The fourth-order valence-corrected chi connectivity index (χ4v) is 0.385. The van der Waals surface area contributed by atoms with Gasteiger partial charge in [0, 0.05) is 0 Å². The van der Waals surface area contributed by atoms with Gasteiger partial charge in [-0.1, -0.05) is 19.2 Å². The van der Waals surface area contributed by atoms with Crippen molar-refractivity contribution in [1.82, 2.24) is 10.2 Å². The van der Waals surface area contributed by atoms with Gasteiger partial charge in [-0.25, -0.2) is 0 Å². The molecule has 0 aromatic heterocycles. The zero-order valence-corrected chi connectivity index (χ0v) is 6.67. The summed E-state index contributed by atoms with van der Waals surface area (Å²) in [7, 11) is 0. The molecule has 96 valence electrons. The Balaban J connectivity index is 5.12. The molecule has 0 aliphatic carbocycles. The normalized spacial score (nSPS) is 14.6. The highest BCUT2D eigenvalue weighted by Crippen LogP contribution is 2.33. The van der Waals surface area contributed by atoms with Gasteiger partial charge < -0.3 is 0 Å². The Morgan fingerprint density at radius 2 is 0.812 bits per heavy atom. The van der Waals surface area contributed by atoms with Crippen LogP contribution in [0, 0.1) is 0 Å². The minimum atomic E-state index is -6.14. The van der Waals surface area contributed by atoms with Crippen molar-refractivity contribution in [2.24, 2.45) is 0 Å². The van der Waals surface area contributed by atoms with E-state index >= 15 is 0 Å². The number of halogens is 10. The van der Waals surface area contributed by atoms with E-state index in [4.69, 9.17) is 0 Å². The molecule has 0 saturated heterocycles. The van der Waals surface area contributed by atoms with Crippen LogP contribution in [-0.2, 0) is 0 Å². The van der Waals surface area contributed by atoms with E-state index in [-0.39, 0.29) is 0 Å². The zero-order valence-electron chi connectivity index (χ0n) is 6.67. The minimum absolute atomic E-state index is 2.94. The van der Waals surface area contributed by atoms with Gasteiger partial charge in [0.15, 0.2) is 0 Å². The molecule has 0 radical (unpaired) electrons. The molecule has 0 atom stereocenters. The average molecular weight is 266 g/mol. The van der Waals surface area contributed by atoms with Crippen LogP contribution in [0.2, 0.25) is 0 Å². The molecule has 16 heavy (non-hydrogen) atoms. The summed E-state index contributed by atoms with van der Waals surface area (Å²) in [6.07, 6.45) is -12.3. The van der Waals surface area contributed by atoms with Crippen molar-refractivity contribution in [3.05, 3.63) is 11.9 Å².